The lowest BCUT2D eigenvalue weighted by Gasteiger charge is -2.22. The van der Waals surface area contributed by atoms with Gasteiger partial charge in [-0.25, -0.2) is 4.98 Å². The van der Waals surface area contributed by atoms with E-state index in [-0.39, 0.29) is 11.5 Å². The van der Waals surface area contributed by atoms with Crippen molar-refractivity contribution in [1.29, 1.82) is 5.26 Å². The van der Waals surface area contributed by atoms with E-state index in [2.05, 4.69) is 53.4 Å². The number of halogens is 1. The molecule has 0 spiro atoms. The molecule has 3 rings (SSSR count). The fraction of sp³-hybridized carbons (Fsp3) is 0.318. The fourth-order valence-electron chi connectivity index (χ4n) is 2.92. The van der Waals surface area contributed by atoms with Crippen LogP contribution in [0.25, 0.3) is 10.9 Å². The van der Waals surface area contributed by atoms with E-state index in [1.165, 1.54) is 0 Å². The molecule has 148 valence electrons. The molecule has 7 heteroatoms. The van der Waals surface area contributed by atoms with Gasteiger partial charge < -0.3 is 10.6 Å². The third-order valence-electron chi connectivity index (χ3n) is 4.37. The summed E-state index contributed by atoms with van der Waals surface area (Å²) in [6.45, 7) is 9.07. The molecule has 0 amide bonds. The summed E-state index contributed by atoms with van der Waals surface area (Å²) in [7, 11) is 0. The van der Waals surface area contributed by atoms with Gasteiger partial charge in [-0.3, -0.25) is 4.98 Å². The topological polar surface area (TPSA) is 73.6 Å². The van der Waals surface area contributed by atoms with Gasteiger partial charge in [0.25, 0.3) is 0 Å². The first-order valence-electron chi connectivity index (χ1n) is 9.12. The molecule has 1 aromatic carbocycles. The van der Waals surface area contributed by atoms with Crippen molar-refractivity contribution in [3.05, 3.63) is 45.0 Å². The highest BCUT2D eigenvalue weighted by atomic mass is 35.5. The predicted molar refractivity (Wildman–Crippen MR) is 121 cm³/mol. The number of hydrogen-bond donors (Lipinski definition) is 2. The van der Waals surface area contributed by atoms with Crippen LogP contribution in [0.2, 0.25) is 5.02 Å². The Labute approximate surface area is 180 Å². The number of fused-ring (bicyclic) bond motifs is 1. The number of hydrogen-bond acceptors (Lipinski definition) is 6. The highest BCUT2D eigenvalue weighted by Gasteiger charge is 2.18. The zero-order chi connectivity index (χ0) is 21.2. The van der Waals surface area contributed by atoms with E-state index in [0.29, 0.717) is 22.6 Å². The zero-order valence-electron chi connectivity index (χ0n) is 16.8. The summed E-state index contributed by atoms with van der Waals surface area (Å²) in [6, 6.07) is 5.55. The Bertz CT molecular complexity index is 1130. The number of nitrogens with zero attached hydrogens (tertiary/aromatic N) is 3. The molecule has 0 unspecified atom stereocenters. The van der Waals surface area contributed by atoms with Gasteiger partial charge in [-0.1, -0.05) is 38.3 Å². The lowest BCUT2D eigenvalue weighted by Crippen LogP contribution is -2.19. The van der Waals surface area contributed by atoms with Gasteiger partial charge in [0.2, 0.25) is 0 Å². The largest absolute Gasteiger partial charge is 0.383 e. The highest BCUT2D eigenvalue weighted by Crippen LogP contribution is 2.35. The molecule has 0 saturated heterocycles. The van der Waals surface area contributed by atoms with Crippen LogP contribution in [-0.4, -0.2) is 16.5 Å². The quantitative estimate of drug-likeness (QED) is 0.509. The Kier molecular flexibility index (Phi) is 5.98. The van der Waals surface area contributed by atoms with Crippen LogP contribution >= 0.6 is 22.9 Å². The molecule has 0 aliphatic rings. The number of thiazole rings is 1. The molecular weight excluding hydrogens is 402 g/mol. The number of terminal acetylenes is 1. The minimum absolute atomic E-state index is 0.0404. The molecule has 3 aromatic rings. The van der Waals surface area contributed by atoms with Crippen LogP contribution in [0.5, 0.6) is 0 Å². The molecular formula is C22H22ClN5S. The summed E-state index contributed by atoms with van der Waals surface area (Å²) in [5.41, 5.74) is 5.21. The first-order valence-corrected chi connectivity index (χ1v) is 10.4. The van der Waals surface area contributed by atoms with Gasteiger partial charge in [-0.05, 0) is 24.5 Å². The van der Waals surface area contributed by atoms with E-state index in [9.17, 15) is 5.26 Å². The van der Waals surface area contributed by atoms with E-state index < -0.39 is 0 Å². The van der Waals surface area contributed by atoms with Gasteiger partial charge in [0, 0.05) is 28.7 Å². The molecule has 0 aliphatic carbocycles. The van der Waals surface area contributed by atoms with E-state index in [1.807, 2.05) is 13.0 Å². The first kappa shape index (κ1) is 20.9. The Morgan fingerprint density at radius 2 is 2.07 bits per heavy atom. The van der Waals surface area contributed by atoms with Crippen molar-refractivity contribution >= 4 is 45.2 Å². The van der Waals surface area contributed by atoms with E-state index in [0.717, 1.165) is 27.3 Å². The molecule has 1 atom stereocenters. The Hall–Kier alpha value is -2.80. The minimum Gasteiger partial charge on any atom is -0.383 e. The number of pyridine rings is 1. The Balaban J connectivity index is 2.07. The smallest absolute Gasteiger partial charge is 0.131 e. The van der Waals surface area contributed by atoms with E-state index >= 15 is 0 Å². The summed E-state index contributed by atoms with van der Waals surface area (Å²) in [4.78, 5) is 9.83. The summed E-state index contributed by atoms with van der Waals surface area (Å²) >= 11 is 8.08. The van der Waals surface area contributed by atoms with Crippen LogP contribution in [0, 0.1) is 36.0 Å². The maximum atomic E-state index is 9.57. The Morgan fingerprint density at radius 1 is 1.31 bits per heavy atom. The monoisotopic (exact) mass is 423 g/mol. The van der Waals surface area contributed by atoms with E-state index in [4.69, 9.17) is 18.0 Å². The number of rotatable bonds is 5. The number of aromatic nitrogens is 2. The van der Waals surface area contributed by atoms with Gasteiger partial charge in [0.05, 0.1) is 33.0 Å². The van der Waals surface area contributed by atoms with Gasteiger partial charge in [0.15, 0.2) is 0 Å². The SMILES string of the molecule is C#C[C@@H](Nc1cc(Cl)c2ncc(C#N)c(NCC(C)(C)C)c2c1)c1ncsc1C. The average Bonchev–Trinajstić information content (AvgIpc) is 3.09. The summed E-state index contributed by atoms with van der Waals surface area (Å²) in [5, 5.41) is 17.6. The van der Waals surface area contributed by atoms with Crippen LogP contribution in [-0.2, 0) is 0 Å². The molecule has 29 heavy (non-hydrogen) atoms. The third kappa shape index (κ3) is 4.62. The number of nitrogens with one attached hydrogen (secondary N) is 2. The van der Waals surface area contributed by atoms with Crippen molar-refractivity contribution in [1.82, 2.24) is 9.97 Å². The predicted octanol–water partition coefficient (Wildman–Crippen LogP) is 5.77. The van der Waals surface area contributed by atoms with Crippen LogP contribution < -0.4 is 10.6 Å². The lowest BCUT2D eigenvalue weighted by atomic mass is 9.96. The molecule has 2 N–H and O–H groups in total. The second kappa shape index (κ2) is 8.29. The summed E-state index contributed by atoms with van der Waals surface area (Å²) in [6.07, 6.45) is 7.30. The zero-order valence-corrected chi connectivity index (χ0v) is 18.4. The number of benzene rings is 1. The molecule has 0 saturated carbocycles. The van der Waals surface area contributed by atoms with Crippen molar-refractivity contribution in [3.63, 3.8) is 0 Å². The second-order valence-electron chi connectivity index (χ2n) is 7.96. The third-order valence-corrected chi connectivity index (χ3v) is 5.44. The summed E-state index contributed by atoms with van der Waals surface area (Å²) < 4.78 is 0. The molecule has 5 nitrogen and oxygen atoms in total. The van der Waals surface area contributed by atoms with Crippen LogP contribution in [0.4, 0.5) is 11.4 Å². The molecule has 0 aliphatic heterocycles. The lowest BCUT2D eigenvalue weighted by molar-refractivity contribution is 0.443. The molecule has 2 aromatic heterocycles. The molecule has 0 radical (unpaired) electrons. The standard InChI is InChI=1S/C22H22ClN5S/c1-6-18(19-13(2)29-12-27-19)28-15-7-16-20(26-11-22(3,4)5)14(9-24)10-25-21(16)17(23)8-15/h1,7-8,10,12,18,28H,11H2,2-5H3,(H,25,26)/t18-/m1/s1. The number of anilines is 2. The molecule has 0 fully saturated rings. The maximum Gasteiger partial charge on any atom is 0.131 e. The van der Waals surface area contributed by atoms with Crippen molar-refractivity contribution in [2.24, 2.45) is 5.41 Å². The van der Waals surface area contributed by atoms with Crippen LogP contribution in [0.3, 0.4) is 0 Å². The van der Waals surface area contributed by atoms with Gasteiger partial charge in [-0.2, -0.15) is 5.26 Å². The highest BCUT2D eigenvalue weighted by molar-refractivity contribution is 7.09. The molecule has 0 bridgehead atoms. The van der Waals surface area contributed by atoms with Gasteiger partial charge >= 0.3 is 0 Å². The first-order chi connectivity index (χ1) is 13.7. The second-order valence-corrected chi connectivity index (χ2v) is 9.43. The van der Waals surface area contributed by atoms with Crippen molar-refractivity contribution in [2.45, 2.75) is 33.7 Å². The van der Waals surface area contributed by atoms with Crippen molar-refractivity contribution in [2.75, 3.05) is 17.2 Å². The van der Waals surface area contributed by atoms with Crippen molar-refractivity contribution < 1.29 is 0 Å². The Morgan fingerprint density at radius 3 is 2.66 bits per heavy atom. The fourth-order valence-corrected chi connectivity index (χ4v) is 3.80. The van der Waals surface area contributed by atoms with Crippen LogP contribution in [0.1, 0.15) is 42.9 Å². The van der Waals surface area contributed by atoms with Crippen LogP contribution in [0.15, 0.2) is 23.8 Å². The summed E-state index contributed by atoms with van der Waals surface area (Å²) in [5.74, 6) is 2.75. The molecule has 2 heterocycles. The van der Waals surface area contributed by atoms with Gasteiger partial charge in [0.1, 0.15) is 12.1 Å². The van der Waals surface area contributed by atoms with E-state index in [1.54, 1.807) is 29.1 Å². The minimum atomic E-state index is -0.382. The maximum absolute atomic E-state index is 9.57. The van der Waals surface area contributed by atoms with Crippen molar-refractivity contribution in [3.8, 4) is 18.4 Å². The normalized spacial score (nSPS) is 12.2. The average molecular weight is 424 g/mol. The van der Waals surface area contributed by atoms with Gasteiger partial charge in [-0.15, -0.1) is 17.8 Å². The number of nitriles is 1. The number of aryl methyl sites for hydroxylation is 1.